The van der Waals surface area contributed by atoms with Crippen LogP contribution in [-0.4, -0.2) is 7.11 Å². The Labute approximate surface area is 108 Å². The third kappa shape index (κ3) is 3.02. The van der Waals surface area contributed by atoms with Gasteiger partial charge >= 0.3 is 0 Å². The Kier molecular flexibility index (Phi) is 3.83. The normalized spacial score (nSPS) is 10.2. The number of hydrogen-bond acceptors (Lipinski definition) is 1. The molecule has 2 aromatic carbocycles. The predicted molar refractivity (Wildman–Crippen MR) is 76.3 cm³/mol. The molecule has 2 rings (SSSR count). The Morgan fingerprint density at radius 1 is 0.889 bits per heavy atom. The van der Waals surface area contributed by atoms with E-state index in [2.05, 4.69) is 18.1 Å². The molecule has 18 heavy (non-hydrogen) atoms. The fraction of sp³-hybridized carbons (Fsp3) is 0.0588. The van der Waals surface area contributed by atoms with Crippen LogP contribution in [0.3, 0.4) is 0 Å². The van der Waals surface area contributed by atoms with Crippen LogP contribution in [0.2, 0.25) is 0 Å². The average Bonchev–Trinajstić information content (AvgIpc) is 2.46. The van der Waals surface area contributed by atoms with Gasteiger partial charge in [0.25, 0.3) is 0 Å². The van der Waals surface area contributed by atoms with E-state index < -0.39 is 0 Å². The van der Waals surface area contributed by atoms with Crippen LogP contribution >= 0.6 is 0 Å². The van der Waals surface area contributed by atoms with Crippen molar-refractivity contribution in [2.24, 2.45) is 0 Å². The van der Waals surface area contributed by atoms with Crippen LogP contribution in [0.5, 0.6) is 5.75 Å². The predicted octanol–water partition coefficient (Wildman–Crippen LogP) is 3.85. The zero-order valence-electron chi connectivity index (χ0n) is 10.3. The van der Waals surface area contributed by atoms with Crippen molar-refractivity contribution < 1.29 is 4.74 Å². The lowest BCUT2D eigenvalue weighted by Gasteiger charge is -1.99. The first-order valence-corrected chi connectivity index (χ1v) is 5.70. The maximum atomic E-state index is 5.31. The van der Waals surface area contributed by atoms with Crippen LogP contribution in [0, 0.1) is 12.3 Å². The van der Waals surface area contributed by atoms with E-state index in [4.69, 9.17) is 11.2 Å². The van der Waals surface area contributed by atoms with Crippen molar-refractivity contribution in [2.75, 3.05) is 7.11 Å². The highest BCUT2D eigenvalue weighted by Crippen LogP contribution is 2.14. The number of methoxy groups -OCH3 is 1. The summed E-state index contributed by atoms with van der Waals surface area (Å²) in [6.07, 6.45) is 9.43. The fourth-order valence-electron chi connectivity index (χ4n) is 1.60. The van der Waals surface area contributed by atoms with Crippen LogP contribution in [-0.2, 0) is 0 Å². The zero-order chi connectivity index (χ0) is 12.8. The molecule has 1 heteroatoms. The Balaban J connectivity index is 2.11. The Morgan fingerprint density at radius 3 is 1.83 bits per heavy atom. The topological polar surface area (TPSA) is 9.23 Å². The van der Waals surface area contributed by atoms with E-state index in [-0.39, 0.29) is 0 Å². The largest absolute Gasteiger partial charge is 0.497 e. The van der Waals surface area contributed by atoms with Crippen molar-refractivity contribution in [3.8, 4) is 18.1 Å². The van der Waals surface area contributed by atoms with E-state index in [9.17, 15) is 0 Å². The second-order valence-corrected chi connectivity index (χ2v) is 3.87. The van der Waals surface area contributed by atoms with E-state index in [1.807, 2.05) is 48.5 Å². The molecule has 0 spiro atoms. The highest BCUT2D eigenvalue weighted by atomic mass is 16.5. The first kappa shape index (κ1) is 12.0. The van der Waals surface area contributed by atoms with Gasteiger partial charge in [0, 0.05) is 5.56 Å². The molecule has 1 nitrogen and oxygen atoms in total. The van der Waals surface area contributed by atoms with Gasteiger partial charge in [-0.25, -0.2) is 0 Å². The molecule has 0 amide bonds. The maximum Gasteiger partial charge on any atom is 0.118 e. The molecular formula is C17H14O. The molecule has 88 valence electrons. The van der Waals surface area contributed by atoms with Gasteiger partial charge in [-0.2, -0.15) is 0 Å². The molecule has 0 saturated heterocycles. The molecule has 0 unspecified atom stereocenters. The van der Waals surface area contributed by atoms with E-state index in [0.29, 0.717) is 0 Å². The lowest BCUT2D eigenvalue weighted by molar-refractivity contribution is 0.415. The van der Waals surface area contributed by atoms with Gasteiger partial charge < -0.3 is 4.74 Å². The molecule has 0 fully saturated rings. The van der Waals surface area contributed by atoms with Crippen molar-refractivity contribution in [1.82, 2.24) is 0 Å². The van der Waals surface area contributed by atoms with Crippen molar-refractivity contribution in [2.45, 2.75) is 0 Å². The molecule has 0 radical (unpaired) electrons. The molecule has 0 aliphatic rings. The zero-order valence-corrected chi connectivity index (χ0v) is 10.3. The molecule has 0 heterocycles. The second kappa shape index (κ2) is 5.75. The van der Waals surface area contributed by atoms with Gasteiger partial charge in [0.2, 0.25) is 0 Å². The summed E-state index contributed by atoms with van der Waals surface area (Å²) < 4.78 is 5.11. The third-order valence-corrected chi connectivity index (χ3v) is 2.66. The van der Waals surface area contributed by atoms with Gasteiger partial charge in [0.1, 0.15) is 5.75 Å². The molecular weight excluding hydrogens is 220 g/mol. The van der Waals surface area contributed by atoms with E-state index in [1.165, 1.54) is 0 Å². The van der Waals surface area contributed by atoms with Crippen LogP contribution in [0.4, 0.5) is 0 Å². The monoisotopic (exact) mass is 234 g/mol. The highest BCUT2D eigenvalue weighted by molar-refractivity contribution is 5.70. The average molecular weight is 234 g/mol. The van der Waals surface area contributed by atoms with E-state index in [1.54, 1.807) is 7.11 Å². The summed E-state index contributed by atoms with van der Waals surface area (Å²) >= 11 is 0. The molecule has 2 aromatic rings. The van der Waals surface area contributed by atoms with Gasteiger partial charge in [0.05, 0.1) is 7.11 Å². The number of benzene rings is 2. The summed E-state index contributed by atoms with van der Waals surface area (Å²) in [6, 6.07) is 15.8. The summed E-state index contributed by atoms with van der Waals surface area (Å²) in [7, 11) is 1.66. The van der Waals surface area contributed by atoms with Gasteiger partial charge in [-0.05, 0) is 35.4 Å². The lowest BCUT2D eigenvalue weighted by atomic mass is 10.1. The summed E-state index contributed by atoms with van der Waals surface area (Å²) in [4.78, 5) is 0. The summed E-state index contributed by atoms with van der Waals surface area (Å²) in [6.45, 7) is 0. The summed E-state index contributed by atoms with van der Waals surface area (Å²) in [5, 5.41) is 0. The van der Waals surface area contributed by atoms with Crippen LogP contribution in [0.25, 0.3) is 12.2 Å². The number of hydrogen-bond donors (Lipinski definition) is 0. The molecule has 0 saturated carbocycles. The molecule has 0 atom stereocenters. The third-order valence-electron chi connectivity index (χ3n) is 2.66. The minimum absolute atomic E-state index is 0.866. The molecule has 0 bridgehead atoms. The summed E-state index contributed by atoms with van der Waals surface area (Å²) in [5.74, 6) is 3.47. The SMILES string of the molecule is C#Cc1ccc(C=Cc2ccc(OC)cc2)cc1. The standard InChI is InChI=1S/C17H14O/c1-3-14-4-6-15(7-5-14)8-9-16-10-12-17(18-2)13-11-16/h1,4-13H,2H3. The molecule has 0 N–H and O–H groups in total. The Hall–Kier alpha value is -2.46. The quantitative estimate of drug-likeness (QED) is 0.579. The van der Waals surface area contributed by atoms with Gasteiger partial charge in [-0.15, -0.1) is 6.42 Å². The number of terminal acetylenes is 1. The van der Waals surface area contributed by atoms with Crippen LogP contribution in [0.15, 0.2) is 48.5 Å². The first-order chi connectivity index (χ1) is 8.81. The van der Waals surface area contributed by atoms with Crippen molar-refractivity contribution in [3.05, 3.63) is 65.2 Å². The lowest BCUT2D eigenvalue weighted by Crippen LogP contribution is -1.81. The van der Waals surface area contributed by atoms with Gasteiger partial charge in [-0.3, -0.25) is 0 Å². The van der Waals surface area contributed by atoms with Crippen LogP contribution < -0.4 is 4.74 Å². The molecule has 0 aliphatic carbocycles. The number of ether oxygens (including phenoxy) is 1. The highest BCUT2D eigenvalue weighted by Gasteiger charge is 1.91. The minimum Gasteiger partial charge on any atom is -0.497 e. The summed E-state index contributed by atoms with van der Waals surface area (Å²) in [5.41, 5.74) is 3.17. The molecule has 0 aromatic heterocycles. The van der Waals surface area contributed by atoms with Crippen molar-refractivity contribution in [1.29, 1.82) is 0 Å². The van der Waals surface area contributed by atoms with E-state index in [0.717, 1.165) is 22.4 Å². The van der Waals surface area contributed by atoms with Gasteiger partial charge in [0.15, 0.2) is 0 Å². The molecule has 0 aliphatic heterocycles. The number of rotatable bonds is 3. The Bertz CT molecular complexity index is 569. The first-order valence-electron chi connectivity index (χ1n) is 5.70. The smallest absolute Gasteiger partial charge is 0.118 e. The minimum atomic E-state index is 0.866. The van der Waals surface area contributed by atoms with Gasteiger partial charge in [-0.1, -0.05) is 42.3 Å². The Morgan fingerprint density at radius 2 is 1.39 bits per heavy atom. The van der Waals surface area contributed by atoms with Crippen LogP contribution in [0.1, 0.15) is 16.7 Å². The van der Waals surface area contributed by atoms with E-state index >= 15 is 0 Å². The van der Waals surface area contributed by atoms with Crippen molar-refractivity contribution >= 4 is 12.2 Å². The fourth-order valence-corrected chi connectivity index (χ4v) is 1.60. The van der Waals surface area contributed by atoms with Crippen molar-refractivity contribution in [3.63, 3.8) is 0 Å². The maximum absolute atomic E-state index is 5.31. The second-order valence-electron chi connectivity index (χ2n) is 3.87.